The highest BCUT2D eigenvalue weighted by Crippen LogP contribution is 2.40. The van der Waals surface area contributed by atoms with Gasteiger partial charge in [0, 0.05) is 0 Å². The van der Waals surface area contributed by atoms with E-state index in [2.05, 4.69) is 39.1 Å². The summed E-state index contributed by atoms with van der Waals surface area (Å²) < 4.78 is 0. The third-order valence-corrected chi connectivity index (χ3v) is 5.41. The second-order valence-electron chi connectivity index (χ2n) is 8.07. The summed E-state index contributed by atoms with van der Waals surface area (Å²) in [5.41, 5.74) is 6.45. The summed E-state index contributed by atoms with van der Waals surface area (Å²) in [7, 11) is 0. The second kappa shape index (κ2) is 9.64. The highest BCUT2D eigenvalue weighted by atomic mass is 16.3. The minimum atomic E-state index is 0.336. The van der Waals surface area contributed by atoms with Gasteiger partial charge in [-0.1, -0.05) is 62.4 Å². The highest BCUT2D eigenvalue weighted by molar-refractivity contribution is 5.43. The topological polar surface area (TPSA) is 40.5 Å². The van der Waals surface area contributed by atoms with Crippen LogP contribution >= 0.6 is 0 Å². The Morgan fingerprint density at radius 1 is 0.750 bits per heavy atom. The molecule has 0 aromatic heterocycles. The summed E-state index contributed by atoms with van der Waals surface area (Å²) in [5, 5.41) is 20.4. The Kier molecular flexibility index (Phi) is 7.51. The molecular formula is C26H34O2. The Bertz CT molecular complexity index is 776. The molecule has 150 valence electrons. The van der Waals surface area contributed by atoms with E-state index in [9.17, 15) is 10.2 Å². The van der Waals surface area contributed by atoms with Crippen molar-refractivity contribution in [2.45, 2.75) is 65.2 Å². The number of rotatable bonds is 9. The van der Waals surface area contributed by atoms with Crippen molar-refractivity contribution in [1.82, 2.24) is 0 Å². The van der Waals surface area contributed by atoms with Gasteiger partial charge in [0.15, 0.2) is 0 Å². The minimum Gasteiger partial charge on any atom is -0.508 e. The molecule has 2 rings (SSSR count). The smallest absolute Gasteiger partial charge is 0.119 e. The van der Waals surface area contributed by atoms with Gasteiger partial charge in [0.1, 0.15) is 11.5 Å². The van der Waals surface area contributed by atoms with Gasteiger partial charge < -0.3 is 10.2 Å². The lowest BCUT2D eigenvalue weighted by molar-refractivity contribution is 0.464. The molecule has 0 saturated carbocycles. The lowest BCUT2D eigenvalue weighted by atomic mass is 9.77. The molecule has 0 saturated heterocycles. The van der Waals surface area contributed by atoms with Crippen LogP contribution in [0.25, 0.3) is 0 Å². The first kappa shape index (κ1) is 21.8. The van der Waals surface area contributed by atoms with Crippen LogP contribution in [0, 0.1) is 0 Å². The molecule has 0 aliphatic heterocycles. The van der Waals surface area contributed by atoms with Gasteiger partial charge in [0.25, 0.3) is 0 Å². The van der Waals surface area contributed by atoms with Gasteiger partial charge in [-0.3, -0.25) is 0 Å². The molecule has 0 unspecified atom stereocenters. The van der Waals surface area contributed by atoms with E-state index in [4.69, 9.17) is 0 Å². The fourth-order valence-corrected chi connectivity index (χ4v) is 4.11. The molecule has 2 atom stereocenters. The Balaban J connectivity index is 2.44. The van der Waals surface area contributed by atoms with Gasteiger partial charge in [-0.15, -0.1) is 0 Å². The van der Waals surface area contributed by atoms with Crippen molar-refractivity contribution < 1.29 is 10.2 Å². The number of hydrogen-bond donors (Lipinski definition) is 2. The number of aromatic hydroxyl groups is 2. The van der Waals surface area contributed by atoms with Gasteiger partial charge in [-0.25, -0.2) is 0 Å². The summed E-state index contributed by atoms with van der Waals surface area (Å²) in [6.07, 6.45) is 3.39. The molecule has 0 spiro atoms. The number of allylic oxidation sites excluding steroid dienone is 2. The predicted octanol–water partition coefficient (Wildman–Crippen LogP) is 7.02. The first-order valence-corrected chi connectivity index (χ1v) is 10.2. The summed E-state index contributed by atoms with van der Waals surface area (Å²) in [4.78, 5) is 0. The zero-order valence-corrected chi connectivity index (χ0v) is 17.8. The Morgan fingerprint density at radius 2 is 1.11 bits per heavy atom. The molecule has 0 heterocycles. The van der Waals surface area contributed by atoms with Crippen LogP contribution in [-0.2, 0) is 12.8 Å². The van der Waals surface area contributed by atoms with Crippen LogP contribution in [0.2, 0.25) is 0 Å². The van der Waals surface area contributed by atoms with E-state index in [1.165, 1.54) is 11.1 Å². The van der Waals surface area contributed by atoms with Crippen molar-refractivity contribution in [2.24, 2.45) is 0 Å². The molecule has 0 bridgehead atoms. The van der Waals surface area contributed by atoms with Gasteiger partial charge in [-0.05, 0) is 85.8 Å². The largest absolute Gasteiger partial charge is 0.508 e. The fourth-order valence-electron chi connectivity index (χ4n) is 4.11. The van der Waals surface area contributed by atoms with Crippen LogP contribution in [0.15, 0.2) is 60.7 Å². The third-order valence-electron chi connectivity index (χ3n) is 5.41. The predicted molar refractivity (Wildman–Crippen MR) is 119 cm³/mol. The van der Waals surface area contributed by atoms with E-state index in [-0.39, 0.29) is 0 Å². The van der Waals surface area contributed by atoms with E-state index in [0.717, 1.165) is 35.1 Å². The average molecular weight is 379 g/mol. The van der Waals surface area contributed by atoms with E-state index in [1.807, 2.05) is 38.1 Å². The number of phenolic OH excluding ortho intramolecular Hbond substituents is 2. The standard InChI is InChI=1S/C26H34O2/c1-7-23(19-9-11-25(27)21(15-19)13-17(3)4)24(8-2)20-10-12-26(28)22(16-20)14-18(5)6/h9-12,15-16,23-24,27-28H,3,5,7-8,13-14H2,1-2,4,6H3/t23-,24-/m0/s1. The second-order valence-corrected chi connectivity index (χ2v) is 8.07. The fraction of sp³-hybridized carbons (Fsp3) is 0.385. The summed E-state index contributed by atoms with van der Waals surface area (Å²) in [6.45, 7) is 16.4. The van der Waals surface area contributed by atoms with Crippen LogP contribution < -0.4 is 0 Å². The number of benzene rings is 2. The first-order valence-electron chi connectivity index (χ1n) is 10.2. The van der Waals surface area contributed by atoms with E-state index >= 15 is 0 Å². The molecule has 0 amide bonds. The molecule has 0 aliphatic carbocycles. The Hall–Kier alpha value is -2.48. The SMILES string of the molecule is C=C(C)Cc1cc([C@H](CC)[C@@H](CC)c2ccc(O)c(CC(=C)C)c2)ccc1O. The lowest BCUT2D eigenvalue weighted by Gasteiger charge is -2.27. The van der Waals surface area contributed by atoms with Crippen molar-refractivity contribution >= 4 is 0 Å². The van der Waals surface area contributed by atoms with Crippen molar-refractivity contribution in [1.29, 1.82) is 0 Å². The van der Waals surface area contributed by atoms with E-state index in [0.29, 0.717) is 36.2 Å². The quantitative estimate of drug-likeness (QED) is 0.460. The van der Waals surface area contributed by atoms with Crippen LogP contribution in [0.1, 0.15) is 74.6 Å². The minimum absolute atomic E-state index is 0.336. The van der Waals surface area contributed by atoms with Gasteiger partial charge >= 0.3 is 0 Å². The Morgan fingerprint density at radius 3 is 1.39 bits per heavy atom. The zero-order chi connectivity index (χ0) is 20.8. The highest BCUT2D eigenvalue weighted by Gasteiger charge is 2.23. The van der Waals surface area contributed by atoms with Crippen molar-refractivity contribution in [2.75, 3.05) is 0 Å². The van der Waals surface area contributed by atoms with Crippen molar-refractivity contribution in [3.05, 3.63) is 83.0 Å². The number of hydrogen-bond acceptors (Lipinski definition) is 2. The molecule has 2 heteroatoms. The maximum absolute atomic E-state index is 10.2. The molecule has 2 aromatic rings. The first-order chi connectivity index (χ1) is 13.3. The molecule has 2 nitrogen and oxygen atoms in total. The average Bonchev–Trinajstić information content (AvgIpc) is 2.63. The molecule has 2 N–H and O–H groups in total. The van der Waals surface area contributed by atoms with Crippen molar-refractivity contribution in [3.63, 3.8) is 0 Å². The van der Waals surface area contributed by atoms with Crippen LogP contribution in [-0.4, -0.2) is 10.2 Å². The molecule has 0 radical (unpaired) electrons. The Labute approximate surface area is 170 Å². The van der Waals surface area contributed by atoms with Gasteiger partial charge in [0.05, 0.1) is 0 Å². The van der Waals surface area contributed by atoms with Crippen LogP contribution in [0.5, 0.6) is 11.5 Å². The lowest BCUT2D eigenvalue weighted by Crippen LogP contribution is -2.11. The van der Waals surface area contributed by atoms with Crippen molar-refractivity contribution in [3.8, 4) is 11.5 Å². The molecule has 0 fully saturated rings. The molecule has 28 heavy (non-hydrogen) atoms. The summed E-state index contributed by atoms with van der Waals surface area (Å²) in [5.74, 6) is 1.36. The van der Waals surface area contributed by atoms with Crippen LogP contribution in [0.4, 0.5) is 0 Å². The monoisotopic (exact) mass is 378 g/mol. The summed E-state index contributed by atoms with van der Waals surface area (Å²) in [6, 6.07) is 12.0. The summed E-state index contributed by atoms with van der Waals surface area (Å²) >= 11 is 0. The normalized spacial score (nSPS) is 13.1. The zero-order valence-electron chi connectivity index (χ0n) is 17.8. The van der Waals surface area contributed by atoms with E-state index < -0.39 is 0 Å². The molecule has 2 aromatic carbocycles. The van der Waals surface area contributed by atoms with Gasteiger partial charge in [0.2, 0.25) is 0 Å². The molecule has 0 aliphatic rings. The molecular weight excluding hydrogens is 344 g/mol. The maximum atomic E-state index is 10.2. The number of phenols is 2. The maximum Gasteiger partial charge on any atom is 0.119 e. The van der Waals surface area contributed by atoms with Crippen LogP contribution in [0.3, 0.4) is 0 Å². The third kappa shape index (κ3) is 5.28. The van der Waals surface area contributed by atoms with E-state index in [1.54, 1.807) is 0 Å². The van der Waals surface area contributed by atoms with Gasteiger partial charge in [-0.2, -0.15) is 0 Å².